The Hall–Kier alpha value is -2.34. The SMILES string of the molecule is Cc1ccc(O)c(CNc2cccnc2N2CCOCC2)n1. The first-order valence-corrected chi connectivity index (χ1v) is 7.41. The average Bonchev–Trinajstić information content (AvgIpc) is 2.57. The van der Waals surface area contributed by atoms with Crippen LogP contribution in [0.25, 0.3) is 0 Å². The van der Waals surface area contributed by atoms with Crippen LogP contribution < -0.4 is 10.2 Å². The summed E-state index contributed by atoms with van der Waals surface area (Å²) in [6.45, 7) is 5.47. The highest BCUT2D eigenvalue weighted by molar-refractivity contribution is 5.65. The maximum Gasteiger partial charge on any atom is 0.152 e. The molecule has 1 fully saturated rings. The molecule has 6 heteroatoms. The lowest BCUT2D eigenvalue weighted by atomic mass is 10.2. The molecule has 0 aromatic carbocycles. The topological polar surface area (TPSA) is 70.5 Å². The third kappa shape index (κ3) is 3.28. The maximum absolute atomic E-state index is 9.89. The van der Waals surface area contributed by atoms with Crippen molar-refractivity contribution in [2.45, 2.75) is 13.5 Å². The van der Waals surface area contributed by atoms with Gasteiger partial charge in [0, 0.05) is 25.0 Å². The Morgan fingerprint density at radius 2 is 2.09 bits per heavy atom. The highest BCUT2D eigenvalue weighted by atomic mass is 16.5. The molecule has 0 spiro atoms. The first-order valence-electron chi connectivity index (χ1n) is 7.41. The lowest BCUT2D eigenvalue weighted by Crippen LogP contribution is -2.37. The molecule has 3 heterocycles. The smallest absolute Gasteiger partial charge is 0.152 e. The quantitative estimate of drug-likeness (QED) is 0.899. The summed E-state index contributed by atoms with van der Waals surface area (Å²) in [5, 5.41) is 13.2. The van der Waals surface area contributed by atoms with Crippen LogP contribution in [0.3, 0.4) is 0 Å². The van der Waals surface area contributed by atoms with Crippen molar-refractivity contribution in [3.63, 3.8) is 0 Å². The molecule has 2 N–H and O–H groups in total. The van der Waals surface area contributed by atoms with Crippen LogP contribution in [-0.4, -0.2) is 41.4 Å². The first-order chi connectivity index (χ1) is 10.7. The molecule has 1 aliphatic heterocycles. The second-order valence-electron chi connectivity index (χ2n) is 5.25. The Labute approximate surface area is 129 Å². The van der Waals surface area contributed by atoms with Gasteiger partial charge in [-0.05, 0) is 31.2 Å². The predicted octanol–water partition coefficient (Wildman–Crippen LogP) is 1.94. The number of ether oxygens (including phenoxy) is 1. The van der Waals surface area contributed by atoms with Crippen LogP contribution in [0.1, 0.15) is 11.4 Å². The van der Waals surface area contributed by atoms with Crippen molar-refractivity contribution in [3.8, 4) is 5.75 Å². The second kappa shape index (κ2) is 6.62. The number of aromatic hydroxyl groups is 1. The highest BCUT2D eigenvalue weighted by Crippen LogP contribution is 2.25. The standard InChI is InChI=1S/C16H20N4O2/c1-12-4-5-15(21)14(19-12)11-18-13-3-2-6-17-16(13)20-7-9-22-10-8-20/h2-6,18,21H,7-11H2,1H3. The molecule has 116 valence electrons. The van der Waals surface area contributed by atoms with Crippen LogP contribution in [0, 0.1) is 6.92 Å². The van der Waals surface area contributed by atoms with Crippen LogP contribution in [0.5, 0.6) is 5.75 Å². The Morgan fingerprint density at radius 1 is 1.27 bits per heavy atom. The van der Waals surface area contributed by atoms with Crippen molar-refractivity contribution in [2.75, 3.05) is 36.5 Å². The summed E-state index contributed by atoms with van der Waals surface area (Å²) in [7, 11) is 0. The van der Waals surface area contributed by atoms with Crippen molar-refractivity contribution in [1.29, 1.82) is 0 Å². The van der Waals surface area contributed by atoms with E-state index in [2.05, 4.69) is 20.2 Å². The summed E-state index contributed by atoms with van der Waals surface area (Å²) in [6.07, 6.45) is 1.79. The van der Waals surface area contributed by atoms with Crippen molar-refractivity contribution < 1.29 is 9.84 Å². The second-order valence-corrected chi connectivity index (χ2v) is 5.25. The van der Waals surface area contributed by atoms with Gasteiger partial charge < -0.3 is 20.1 Å². The van der Waals surface area contributed by atoms with Crippen LogP contribution in [0.2, 0.25) is 0 Å². The molecule has 3 rings (SSSR count). The van der Waals surface area contributed by atoms with Gasteiger partial charge in [0.25, 0.3) is 0 Å². The van der Waals surface area contributed by atoms with Gasteiger partial charge in [-0.2, -0.15) is 0 Å². The largest absolute Gasteiger partial charge is 0.506 e. The molecule has 0 bridgehead atoms. The normalized spacial score (nSPS) is 14.9. The average molecular weight is 300 g/mol. The molecule has 6 nitrogen and oxygen atoms in total. The number of aromatic nitrogens is 2. The molecule has 0 saturated carbocycles. The minimum atomic E-state index is 0.204. The summed E-state index contributed by atoms with van der Waals surface area (Å²) in [4.78, 5) is 11.0. The van der Waals surface area contributed by atoms with Gasteiger partial charge in [-0.15, -0.1) is 0 Å². The van der Waals surface area contributed by atoms with E-state index in [4.69, 9.17) is 4.74 Å². The van der Waals surface area contributed by atoms with Crippen molar-refractivity contribution in [1.82, 2.24) is 9.97 Å². The fourth-order valence-corrected chi connectivity index (χ4v) is 2.47. The van der Waals surface area contributed by atoms with E-state index < -0.39 is 0 Å². The zero-order valence-corrected chi connectivity index (χ0v) is 12.6. The van der Waals surface area contributed by atoms with Crippen LogP contribution in [0.15, 0.2) is 30.5 Å². The summed E-state index contributed by atoms with van der Waals surface area (Å²) in [6, 6.07) is 7.36. The summed E-state index contributed by atoms with van der Waals surface area (Å²) in [5.74, 6) is 1.12. The number of pyridine rings is 2. The van der Waals surface area contributed by atoms with E-state index in [1.807, 2.05) is 19.1 Å². The fourth-order valence-electron chi connectivity index (χ4n) is 2.47. The third-order valence-electron chi connectivity index (χ3n) is 3.63. The fraction of sp³-hybridized carbons (Fsp3) is 0.375. The van der Waals surface area contributed by atoms with Gasteiger partial charge in [0.2, 0.25) is 0 Å². The van der Waals surface area contributed by atoms with Gasteiger partial charge in [0.1, 0.15) is 11.4 Å². The molecule has 0 unspecified atom stereocenters. The van der Waals surface area contributed by atoms with Crippen LogP contribution >= 0.6 is 0 Å². The molecule has 0 aliphatic carbocycles. The number of rotatable bonds is 4. The van der Waals surface area contributed by atoms with E-state index in [0.29, 0.717) is 12.2 Å². The Kier molecular flexibility index (Phi) is 4.39. The molecule has 1 aliphatic rings. The molecule has 22 heavy (non-hydrogen) atoms. The molecule has 0 atom stereocenters. The van der Waals surface area contributed by atoms with Crippen LogP contribution in [0.4, 0.5) is 11.5 Å². The van der Waals surface area contributed by atoms with Gasteiger partial charge in [-0.25, -0.2) is 4.98 Å². The molecule has 2 aromatic rings. The first kappa shape index (κ1) is 14.6. The summed E-state index contributed by atoms with van der Waals surface area (Å²) in [5.41, 5.74) is 2.46. The molecule has 2 aromatic heterocycles. The molecule has 0 radical (unpaired) electrons. The monoisotopic (exact) mass is 300 g/mol. The minimum absolute atomic E-state index is 0.204. The van der Waals surface area contributed by atoms with Gasteiger partial charge in [-0.1, -0.05) is 0 Å². The van der Waals surface area contributed by atoms with Crippen molar-refractivity contribution in [2.24, 2.45) is 0 Å². The number of nitrogens with zero attached hydrogens (tertiary/aromatic N) is 3. The Bertz CT molecular complexity index is 642. The predicted molar refractivity (Wildman–Crippen MR) is 85.2 cm³/mol. The van der Waals surface area contributed by atoms with E-state index in [-0.39, 0.29) is 5.75 Å². The minimum Gasteiger partial charge on any atom is -0.506 e. The van der Waals surface area contributed by atoms with Gasteiger partial charge in [-0.3, -0.25) is 4.98 Å². The lowest BCUT2D eigenvalue weighted by molar-refractivity contribution is 0.122. The molecular weight excluding hydrogens is 280 g/mol. The third-order valence-corrected chi connectivity index (χ3v) is 3.63. The number of hydrogen-bond donors (Lipinski definition) is 2. The summed E-state index contributed by atoms with van der Waals surface area (Å²) >= 11 is 0. The summed E-state index contributed by atoms with van der Waals surface area (Å²) < 4.78 is 5.39. The Balaban J connectivity index is 1.76. The van der Waals surface area contributed by atoms with Crippen LogP contribution in [-0.2, 0) is 11.3 Å². The lowest BCUT2D eigenvalue weighted by Gasteiger charge is -2.29. The Morgan fingerprint density at radius 3 is 2.91 bits per heavy atom. The molecular formula is C16H20N4O2. The molecule has 0 amide bonds. The van der Waals surface area contributed by atoms with Gasteiger partial charge in [0.05, 0.1) is 25.4 Å². The number of nitrogens with one attached hydrogen (secondary N) is 1. The van der Waals surface area contributed by atoms with Gasteiger partial charge in [0.15, 0.2) is 5.82 Å². The number of aryl methyl sites for hydroxylation is 1. The number of hydrogen-bond acceptors (Lipinski definition) is 6. The number of morpholine rings is 1. The zero-order chi connectivity index (χ0) is 15.4. The number of anilines is 2. The van der Waals surface area contributed by atoms with Crippen molar-refractivity contribution in [3.05, 3.63) is 41.9 Å². The van der Waals surface area contributed by atoms with E-state index in [1.165, 1.54) is 0 Å². The van der Waals surface area contributed by atoms with E-state index in [1.54, 1.807) is 18.3 Å². The highest BCUT2D eigenvalue weighted by Gasteiger charge is 2.16. The molecule has 1 saturated heterocycles. The van der Waals surface area contributed by atoms with E-state index in [0.717, 1.165) is 43.5 Å². The van der Waals surface area contributed by atoms with Crippen molar-refractivity contribution >= 4 is 11.5 Å². The van der Waals surface area contributed by atoms with E-state index in [9.17, 15) is 5.11 Å². The zero-order valence-electron chi connectivity index (χ0n) is 12.6. The maximum atomic E-state index is 9.89. The van der Waals surface area contributed by atoms with Gasteiger partial charge >= 0.3 is 0 Å². The van der Waals surface area contributed by atoms with E-state index >= 15 is 0 Å².